The molecule has 1 aliphatic heterocycles. The van der Waals surface area contributed by atoms with E-state index in [1.54, 1.807) is 0 Å². The SMILES string of the molecule is NC1(C(=O)O)CCN(C(=O)NCc2ccccc2)C1. The number of hydrogen-bond donors (Lipinski definition) is 3. The second kappa shape index (κ2) is 5.27. The van der Waals surface area contributed by atoms with Crippen LogP contribution >= 0.6 is 0 Å². The van der Waals surface area contributed by atoms with Crippen LogP contribution in [0.1, 0.15) is 12.0 Å². The van der Waals surface area contributed by atoms with Gasteiger partial charge in [0.2, 0.25) is 0 Å². The molecule has 6 nitrogen and oxygen atoms in total. The summed E-state index contributed by atoms with van der Waals surface area (Å²) in [6.07, 6.45) is 0.279. The van der Waals surface area contributed by atoms with Crippen LogP contribution in [0.5, 0.6) is 0 Å². The van der Waals surface area contributed by atoms with Gasteiger partial charge in [0, 0.05) is 13.1 Å². The minimum atomic E-state index is -1.32. The highest BCUT2D eigenvalue weighted by molar-refractivity contribution is 5.82. The van der Waals surface area contributed by atoms with Crippen molar-refractivity contribution in [2.45, 2.75) is 18.5 Å². The molecule has 6 heteroatoms. The van der Waals surface area contributed by atoms with Crippen LogP contribution < -0.4 is 11.1 Å². The van der Waals surface area contributed by atoms with Gasteiger partial charge in [-0.15, -0.1) is 0 Å². The average molecular weight is 263 g/mol. The summed E-state index contributed by atoms with van der Waals surface area (Å²) in [4.78, 5) is 24.3. The Balaban J connectivity index is 1.87. The van der Waals surface area contributed by atoms with Gasteiger partial charge in [-0.05, 0) is 12.0 Å². The lowest BCUT2D eigenvalue weighted by Crippen LogP contribution is -2.51. The number of carboxylic acid groups (broad SMARTS) is 1. The summed E-state index contributed by atoms with van der Waals surface area (Å²) in [6.45, 7) is 0.827. The molecule has 1 aliphatic rings. The first-order valence-corrected chi connectivity index (χ1v) is 6.10. The molecule has 0 radical (unpaired) electrons. The zero-order valence-corrected chi connectivity index (χ0v) is 10.5. The van der Waals surface area contributed by atoms with E-state index in [-0.39, 0.29) is 19.0 Å². The Labute approximate surface area is 111 Å². The van der Waals surface area contributed by atoms with E-state index in [1.807, 2.05) is 30.3 Å². The third kappa shape index (κ3) is 3.03. The van der Waals surface area contributed by atoms with E-state index in [1.165, 1.54) is 4.90 Å². The second-order valence-corrected chi connectivity index (χ2v) is 4.78. The fourth-order valence-electron chi connectivity index (χ4n) is 2.07. The summed E-state index contributed by atoms with van der Waals surface area (Å²) in [7, 11) is 0. The van der Waals surface area contributed by atoms with Gasteiger partial charge in [-0.1, -0.05) is 30.3 Å². The second-order valence-electron chi connectivity index (χ2n) is 4.78. The number of nitrogens with two attached hydrogens (primary N) is 1. The zero-order chi connectivity index (χ0) is 13.9. The van der Waals surface area contributed by atoms with E-state index in [0.717, 1.165) is 5.56 Å². The smallest absolute Gasteiger partial charge is 0.325 e. The first kappa shape index (κ1) is 13.4. The molecule has 1 saturated heterocycles. The Hall–Kier alpha value is -2.08. The lowest BCUT2D eigenvalue weighted by molar-refractivity contribution is -0.142. The maximum atomic E-state index is 11.9. The predicted octanol–water partition coefficient (Wildman–Crippen LogP) is 0.384. The summed E-state index contributed by atoms with van der Waals surface area (Å²) in [5, 5.41) is 11.8. The summed E-state index contributed by atoms with van der Waals surface area (Å²) in [5.74, 6) is -1.06. The first-order chi connectivity index (χ1) is 9.01. The fourth-order valence-corrected chi connectivity index (χ4v) is 2.07. The number of aliphatic carboxylic acids is 1. The third-order valence-electron chi connectivity index (χ3n) is 3.30. The molecule has 0 aromatic heterocycles. The number of likely N-dealkylation sites (tertiary alicyclic amines) is 1. The summed E-state index contributed by atoms with van der Waals surface area (Å²) in [6, 6.07) is 9.24. The van der Waals surface area contributed by atoms with E-state index in [0.29, 0.717) is 13.1 Å². The van der Waals surface area contributed by atoms with Crippen LogP contribution in [-0.4, -0.2) is 40.6 Å². The molecule has 1 aromatic rings. The number of hydrogen-bond acceptors (Lipinski definition) is 3. The minimum absolute atomic E-state index is 0.0446. The van der Waals surface area contributed by atoms with E-state index < -0.39 is 11.5 Å². The molecule has 1 fully saturated rings. The molecule has 1 unspecified atom stereocenters. The summed E-state index contributed by atoms with van der Waals surface area (Å²) in [5.41, 5.74) is 5.39. The van der Waals surface area contributed by atoms with Crippen molar-refractivity contribution < 1.29 is 14.7 Å². The number of carboxylic acids is 1. The number of urea groups is 1. The van der Waals surface area contributed by atoms with Gasteiger partial charge >= 0.3 is 12.0 Å². The van der Waals surface area contributed by atoms with Crippen LogP contribution in [0.15, 0.2) is 30.3 Å². The van der Waals surface area contributed by atoms with Crippen LogP contribution in [0.2, 0.25) is 0 Å². The van der Waals surface area contributed by atoms with Crippen molar-refractivity contribution in [1.82, 2.24) is 10.2 Å². The van der Waals surface area contributed by atoms with Crippen molar-refractivity contribution in [3.63, 3.8) is 0 Å². The molecule has 102 valence electrons. The molecule has 0 spiro atoms. The van der Waals surface area contributed by atoms with E-state index >= 15 is 0 Å². The largest absolute Gasteiger partial charge is 0.480 e. The molecule has 19 heavy (non-hydrogen) atoms. The van der Waals surface area contributed by atoms with Crippen molar-refractivity contribution in [3.8, 4) is 0 Å². The van der Waals surface area contributed by atoms with Crippen molar-refractivity contribution >= 4 is 12.0 Å². The lowest BCUT2D eigenvalue weighted by Gasteiger charge is -2.20. The molecule has 4 N–H and O–H groups in total. The Morgan fingerprint density at radius 3 is 2.63 bits per heavy atom. The van der Waals surface area contributed by atoms with Gasteiger partial charge in [0.1, 0.15) is 5.54 Å². The highest BCUT2D eigenvalue weighted by atomic mass is 16.4. The number of carbonyl (C=O) groups is 2. The number of nitrogens with one attached hydrogen (secondary N) is 1. The fraction of sp³-hybridized carbons (Fsp3) is 0.385. The van der Waals surface area contributed by atoms with Crippen molar-refractivity contribution in [2.24, 2.45) is 5.73 Å². The molecule has 1 heterocycles. The predicted molar refractivity (Wildman–Crippen MR) is 69.4 cm³/mol. The maximum absolute atomic E-state index is 11.9. The molecule has 2 amide bonds. The molecule has 2 rings (SSSR count). The van der Waals surface area contributed by atoms with E-state index in [2.05, 4.69) is 5.32 Å². The van der Waals surface area contributed by atoms with Gasteiger partial charge in [0.05, 0.1) is 6.54 Å². The first-order valence-electron chi connectivity index (χ1n) is 6.10. The third-order valence-corrected chi connectivity index (χ3v) is 3.30. The van der Waals surface area contributed by atoms with E-state index in [4.69, 9.17) is 10.8 Å². The zero-order valence-electron chi connectivity index (χ0n) is 10.5. The van der Waals surface area contributed by atoms with Crippen molar-refractivity contribution in [2.75, 3.05) is 13.1 Å². The Kier molecular flexibility index (Phi) is 3.71. The van der Waals surface area contributed by atoms with Crippen LogP contribution in [0.25, 0.3) is 0 Å². The Morgan fingerprint density at radius 1 is 1.37 bits per heavy atom. The average Bonchev–Trinajstić information content (AvgIpc) is 2.81. The topological polar surface area (TPSA) is 95.7 Å². The van der Waals surface area contributed by atoms with Crippen LogP contribution in [0.4, 0.5) is 4.79 Å². The van der Waals surface area contributed by atoms with Gasteiger partial charge in [0.25, 0.3) is 0 Å². The molecule has 0 aliphatic carbocycles. The molecule has 1 aromatic carbocycles. The highest BCUT2D eigenvalue weighted by Crippen LogP contribution is 2.18. The highest BCUT2D eigenvalue weighted by Gasteiger charge is 2.42. The standard InChI is InChI=1S/C13H17N3O3/c14-13(11(17)18)6-7-16(9-13)12(19)15-8-10-4-2-1-3-5-10/h1-5H,6-9,14H2,(H,15,19)(H,17,18). The van der Waals surface area contributed by atoms with Gasteiger partial charge in [0.15, 0.2) is 0 Å². The number of amides is 2. The van der Waals surface area contributed by atoms with Gasteiger partial charge in [-0.3, -0.25) is 4.79 Å². The van der Waals surface area contributed by atoms with Gasteiger partial charge < -0.3 is 21.1 Å². The van der Waals surface area contributed by atoms with Crippen LogP contribution in [0.3, 0.4) is 0 Å². The van der Waals surface area contributed by atoms with E-state index in [9.17, 15) is 9.59 Å². The molecule has 0 bridgehead atoms. The Bertz CT molecular complexity index is 477. The van der Waals surface area contributed by atoms with Crippen LogP contribution in [-0.2, 0) is 11.3 Å². The quantitative estimate of drug-likeness (QED) is 0.734. The molecular weight excluding hydrogens is 246 g/mol. The number of benzene rings is 1. The monoisotopic (exact) mass is 263 g/mol. The molecular formula is C13H17N3O3. The number of rotatable bonds is 3. The van der Waals surface area contributed by atoms with Gasteiger partial charge in [-0.2, -0.15) is 0 Å². The molecule has 0 saturated carbocycles. The Morgan fingerprint density at radius 2 is 2.05 bits per heavy atom. The summed E-state index contributed by atoms with van der Waals surface area (Å²) >= 11 is 0. The maximum Gasteiger partial charge on any atom is 0.325 e. The van der Waals surface area contributed by atoms with Crippen molar-refractivity contribution in [3.05, 3.63) is 35.9 Å². The lowest BCUT2D eigenvalue weighted by atomic mass is 10.0. The van der Waals surface area contributed by atoms with Gasteiger partial charge in [-0.25, -0.2) is 4.79 Å². The number of carbonyl (C=O) groups excluding carboxylic acids is 1. The normalized spacial score (nSPS) is 22.3. The minimum Gasteiger partial charge on any atom is -0.480 e. The van der Waals surface area contributed by atoms with Crippen LogP contribution in [0, 0.1) is 0 Å². The molecule has 1 atom stereocenters. The summed E-state index contributed by atoms with van der Waals surface area (Å²) < 4.78 is 0. The number of nitrogens with zero attached hydrogens (tertiary/aromatic N) is 1. The van der Waals surface area contributed by atoms with Crippen molar-refractivity contribution in [1.29, 1.82) is 0 Å².